The van der Waals surface area contributed by atoms with E-state index in [9.17, 15) is 4.79 Å². The Morgan fingerprint density at radius 3 is 2.84 bits per heavy atom. The molecule has 2 rings (SSSR count). The molecule has 1 atom stereocenters. The highest BCUT2D eigenvalue weighted by Crippen LogP contribution is 2.10. The lowest BCUT2D eigenvalue weighted by atomic mass is 10.1. The molecule has 4 heteroatoms. The van der Waals surface area contributed by atoms with Crippen LogP contribution in [0.4, 0.5) is 0 Å². The van der Waals surface area contributed by atoms with Crippen LogP contribution in [0.15, 0.2) is 48.7 Å². The van der Waals surface area contributed by atoms with Crippen LogP contribution >= 0.6 is 0 Å². The summed E-state index contributed by atoms with van der Waals surface area (Å²) in [4.78, 5) is 15.2. The maximum absolute atomic E-state index is 10.9. The largest absolute Gasteiger partial charge is 0.478 e. The highest BCUT2D eigenvalue weighted by atomic mass is 16.4. The Hall–Kier alpha value is -2.20. The first-order valence-corrected chi connectivity index (χ1v) is 6.13. The number of hydrogen-bond acceptors (Lipinski definition) is 3. The molecule has 0 spiro atoms. The smallest absolute Gasteiger partial charge is 0.335 e. The predicted molar refractivity (Wildman–Crippen MR) is 72.9 cm³/mol. The van der Waals surface area contributed by atoms with Gasteiger partial charge in [-0.2, -0.15) is 0 Å². The minimum atomic E-state index is -0.903. The fourth-order valence-corrected chi connectivity index (χ4v) is 1.82. The lowest BCUT2D eigenvalue weighted by molar-refractivity contribution is 0.0696. The summed E-state index contributed by atoms with van der Waals surface area (Å²) >= 11 is 0. The average molecular weight is 256 g/mol. The van der Waals surface area contributed by atoms with Crippen LogP contribution in [0.5, 0.6) is 0 Å². The number of pyridine rings is 1. The molecule has 0 saturated heterocycles. The Kier molecular flexibility index (Phi) is 4.26. The van der Waals surface area contributed by atoms with Crippen molar-refractivity contribution in [1.82, 2.24) is 10.3 Å². The first-order chi connectivity index (χ1) is 9.16. The van der Waals surface area contributed by atoms with Crippen LogP contribution in [0.25, 0.3) is 0 Å². The van der Waals surface area contributed by atoms with Crippen LogP contribution in [0.2, 0.25) is 0 Å². The summed E-state index contributed by atoms with van der Waals surface area (Å²) in [5, 5.41) is 12.3. The van der Waals surface area contributed by atoms with Gasteiger partial charge in [-0.05, 0) is 36.8 Å². The van der Waals surface area contributed by atoms with Gasteiger partial charge in [0, 0.05) is 18.8 Å². The maximum atomic E-state index is 10.9. The highest BCUT2D eigenvalue weighted by Gasteiger charge is 2.07. The second-order valence-corrected chi connectivity index (χ2v) is 4.36. The summed E-state index contributed by atoms with van der Waals surface area (Å²) in [6.45, 7) is 2.64. The number of carboxylic acid groups (broad SMARTS) is 1. The molecule has 1 aromatic carbocycles. The van der Waals surface area contributed by atoms with Gasteiger partial charge < -0.3 is 10.4 Å². The number of hydrogen-bond donors (Lipinski definition) is 2. The molecular formula is C15H16N2O2. The lowest BCUT2D eigenvalue weighted by Crippen LogP contribution is -2.19. The number of rotatable bonds is 5. The molecule has 0 aliphatic carbocycles. The van der Waals surface area contributed by atoms with Gasteiger partial charge in [-0.3, -0.25) is 4.98 Å². The van der Waals surface area contributed by atoms with Crippen LogP contribution in [0.1, 0.15) is 34.6 Å². The molecule has 2 N–H and O–H groups in total. The summed E-state index contributed by atoms with van der Waals surface area (Å²) in [5.74, 6) is -0.903. The molecular weight excluding hydrogens is 240 g/mol. The number of nitrogens with one attached hydrogen (secondary N) is 1. The Labute approximate surface area is 112 Å². The summed E-state index contributed by atoms with van der Waals surface area (Å²) in [6.07, 6.45) is 1.76. The summed E-state index contributed by atoms with van der Waals surface area (Å²) in [6, 6.07) is 12.9. The quantitative estimate of drug-likeness (QED) is 0.863. The van der Waals surface area contributed by atoms with Gasteiger partial charge in [-0.25, -0.2) is 4.79 Å². The zero-order valence-electron chi connectivity index (χ0n) is 10.7. The number of benzene rings is 1. The fraction of sp³-hybridized carbons (Fsp3) is 0.200. The van der Waals surface area contributed by atoms with Crippen molar-refractivity contribution in [3.63, 3.8) is 0 Å². The van der Waals surface area contributed by atoms with Crippen LogP contribution in [-0.4, -0.2) is 16.1 Å². The van der Waals surface area contributed by atoms with Crippen molar-refractivity contribution in [2.75, 3.05) is 0 Å². The number of carbonyl (C=O) groups is 1. The van der Waals surface area contributed by atoms with Crippen molar-refractivity contribution >= 4 is 5.97 Å². The molecule has 98 valence electrons. The zero-order valence-corrected chi connectivity index (χ0v) is 10.7. The second kappa shape index (κ2) is 6.11. The SMILES string of the molecule is C[C@H](NCc1cccc(C(=O)O)c1)c1ccccn1. The third-order valence-electron chi connectivity index (χ3n) is 2.92. The third-order valence-corrected chi connectivity index (χ3v) is 2.92. The Balaban J connectivity index is 1.99. The molecule has 0 amide bonds. The summed E-state index contributed by atoms with van der Waals surface area (Å²) in [5.41, 5.74) is 2.23. The zero-order chi connectivity index (χ0) is 13.7. The fourth-order valence-electron chi connectivity index (χ4n) is 1.82. The van der Waals surface area contributed by atoms with Crippen LogP contribution in [-0.2, 0) is 6.54 Å². The van der Waals surface area contributed by atoms with Crippen molar-refractivity contribution in [1.29, 1.82) is 0 Å². The van der Waals surface area contributed by atoms with Gasteiger partial charge >= 0.3 is 5.97 Å². The molecule has 1 aromatic heterocycles. The Morgan fingerprint density at radius 2 is 2.16 bits per heavy atom. The first-order valence-electron chi connectivity index (χ1n) is 6.13. The van der Waals surface area contributed by atoms with Crippen molar-refractivity contribution in [3.05, 3.63) is 65.5 Å². The highest BCUT2D eigenvalue weighted by molar-refractivity contribution is 5.87. The van der Waals surface area contributed by atoms with Gasteiger partial charge in [0.1, 0.15) is 0 Å². The van der Waals surface area contributed by atoms with Crippen molar-refractivity contribution in [2.45, 2.75) is 19.5 Å². The van der Waals surface area contributed by atoms with Gasteiger partial charge in [0.25, 0.3) is 0 Å². The molecule has 0 aliphatic heterocycles. The van der Waals surface area contributed by atoms with E-state index in [1.54, 1.807) is 24.4 Å². The minimum Gasteiger partial charge on any atom is -0.478 e. The standard InChI is InChI=1S/C15H16N2O2/c1-11(14-7-2-3-8-16-14)17-10-12-5-4-6-13(9-12)15(18)19/h2-9,11,17H,10H2,1H3,(H,18,19)/t11-/m0/s1. The monoisotopic (exact) mass is 256 g/mol. The first kappa shape index (κ1) is 13.2. The van der Waals surface area contributed by atoms with Gasteiger partial charge in [-0.1, -0.05) is 18.2 Å². The molecule has 0 bridgehead atoms. The lowest BCUT2D eigenvalue weighted by Gasteiger charge is -2.13. The topological polar surface area (TPSA) is 62.2 Å². The Bertz CT molecular complexity index is 555. The van der Waals surface area contributed by atoms with Gasteiger partial charge in [0.2, 0.25) is 0 Å². The molecule has 4 nitrogen and oxygen atoms in total. The van der Waals surface area contributed by atoms with Crippen molar-refractivity contribution in [2.24, 2.45) is 0 Å². The van der Waals surface area contributed by atoms with Gasteiger partial charge in [-0.15, -0.1) is 0 Å². The molecule has 0 unspecified atom stereocenters. The van der Waals surface area contributed by atoms with E-state index in [0.717, 1.165) is 11.3 Å². The molecule has 2 aromatic rings. The molecule has 19 heavy (non-hydrogen) atoms. The van der Waals surface area contributed by atoms with Gasteiger partial charge in [0.05, 0.1) is 11.3 Å². The molecule has 1 heterocycles. The van der Waals surface area contributed by atoms with Crippen molar-refractivity contribution < 1.29 is 9.90 Å². The number of carboxylic acids is 1. The van der Waals surface area contributed by atoms with Crippen molar-refractivity contribution in [3.8, 4) is 0 Å². The van der Waals surface area contributed by atoms with Crippen LogP contribution in [0, 0.1) is 0 Å². The van der Waals surface area contributed by atoms with E-state index in [0.29, 0.717) is 12.1 Å². The van der Waals surface area contributed by atoms with E-state index >= 15 is 0 Å². The summed E-state index contributed by atoms with van der Waals surface area (Å²) < 4.78 is 0. The average Bonchev–Trinajstić information content (AvgIpc) is 2.46. The second-order valence-electron chi connectivity index (χ2n) is 4.36. The van der Waals surface area contributed by atoms with E-state index in [4.69, 9.17) is 5.11 Å². The third kappa shape index (κ3) is 3.63. The normalized spacial score (nSPS) is 12.1. The minimum absolute atomic E-state index is 0.120. The number of nitrogens with zero attached hydrogens (tertiary/aromatic N) is 1. The van der Waals surface area contributed by atoms with E-state index in [1.807, 2.05) is 31.2 Å². The van der Waals surface area contributed by atoms with E-state index in [2.05, 4.69) is 10.3 Å². The number of aromatic nitrogens is 1. The van der Waals surface area contributed by atoms with E-state index < -0.39 is 5.97 Å². The maximum Gasteiger partial charge on any atom is 0.335 e. The van der Waals surface area contributed by atoms with Gasteiger partial charge in [0.15, 0.2) is 0 Å². The summed E-state index contributed by atoms with van der Waals surface area (Å²) in [7, 11) is 0. The van der Waals surface area contributed by atoms with Crippen LogP contribution in [0.3, 0.4) is 0 Å². The molecule has 0 aliphatic rings. The Morgan fingerprint density at radius 1 is 1.32 bits per heavy atom. The number of aromatic carboxylic acids is 1. The molecule has 0 radical (unpaired) electrons. The van der Waals surface area contributed by atoms with E-state index in [1.165, 1.54) is 0 Å². The molecule has 0 saturated carbocycles. The van der Waals surface area contributed by atoms with E-state index in [-0.39, 0.29) is 6.04 Å². The predicted octanol–water partition coefficient (Wildman–Crippen LogP) is 2.63. The molecule has 0 fully saturated rings. The van der Waals surface area contributed by atoms with Crippen LogP contribution < -0.4 is 5.32 Å².